The van der Waals surface area contributed by atoms with Crippen molar-refractivity contribution in [1.29, 1.82) is 0 Å². The molecule has 0 atom stereocenters. The summed E-state index contributed by atoms with van der Waals surface area (Å²) in [6, 6.07) is 29.8. The molecule has 0 heterocycles. The van der Waals surface area contributed by atoms with Gasteiger partial charge in [0.2, 0.25) is 0 Å². The molecular weight excluding hydrogens is 460 g/mol. The van der Waals surface area contributed by atoms with Gasteiger partial charge in [-0.1, -0.05) is 92.1 Å². The van der Waals surface area contributed by atoms with E-state index in [1.54, 1.807) is 48.5 Å². The number of rotatable bonds is 6. The fourth-order valence-corrected chi connectivity index (χ4v) is 5.11. The number of carbonyl (C=O) groups is 2. The Balaban J connectivity index is 1.69. The molecule has 4 aromatic carbocycles. The van der Waals surface area contributed by atoms with Gasteiger partial charge < -0.3 is 9.47 Å². The second-order valence-corrected chi connectivity index (χ2v) is 9.53. The Hall–Kier alpha value is -4.18. The van der Waals surface area contributed by atoms with Crippen molar-refractivity contribution in [3.8, 4) is 22.6 Å². The zero-order chi connectivity index (χ0) is 25.6. The van der Waals surface area contributed by atoms with Gasteiger partial charge in [-0.25, -0.2) is 9.59 Å². The zero-order valence-corrected chi connectivity index (χ0v) is 21.0. The van der Waals surface area contributed by atoms with Crippen molar-refractivity contribution < 1.29 is 19.1 Å². The minimum Gasteiger partial charge on any atom is -0.419 e. The molecule has 0 aliphatic heterocycles. The molecule has 0 amide bonds. The standard InChI is InChI=1S/C33H30O4/c1-23-22-28(24-14-6-2-7-15-24)29(25-16-8-3-9-17-25)31(37-33(35)27-20-12-5-13-21-27)30(23)36-32(34)26-18-10-4-11-19-26/h3-5,8-13,16-22,24H,2,6-7,14-15H2,1H3. The average Bonchev–Trinajstić information content (AvgIpc) is 2.96. The number of ether oxygens (including phenoxy) is 2. The van der Waals surface area contributed by atoms with Crippen LogP contribution in [-0.4, -0.2) is 11.9 Å². The van der Waals surface area contributed by atoms with E-state index in [4.69, 9.17) is 9.47 Å². The third kappa shape index (κ3) is 5.49. The van der Waals surface area contributed by atoms with Gasteiger partial charge in [-0.2, -0.15) is 0 Å². The normalized spacial score (nSPS) is 13.6. The van der Waals surface area contributed by atoms with Crippen LogP contribution in [-0.2, 0) is 0 Å². The van der Waals surface area contributed by atoms with Crippen molar-refractivity contribution in [2.75, 3.05) is 0 Å². The number of hydrogen-bond acceptors (Lipinski definition) is 4. The number of benzene rings is 4. The fourth-order valence-electron chi connectivity index (χ4n) is 5.11. The van der Waals surface area contributed by atoms with Gasteiger partial charge in [0, 0.05) is 5.56 Å². The fraction of sp³-hybridized carbons (Fsp3) is 0.212. The van der Waals surface area contributed by atoms with Crippen LogP contribution < -0.4 is 9.47 Å². The van der Waals surface area contributed by atoms with Crippen LogP contribution >= 0.6 is 0 Å². The molecule has 1 fully saturated rings. The lowest BCUT2D eigenvalue weighted by Crippen LogP contribution is -2.16. The van der Waals surface area contributed by atoms with Crippen molar-refractivity contribution in [2.24, 2.45) is 0 Å². The maximum atomic E-state index is 13.3. The van der Waals surface area contributed by atoms with E-state index >= 15 is 0 Å². The average molecular weight is 491 g/mol. The van der Waals surface area contributed by atoms with Crippen molar-refractivity contribution >= 4 is 11.9 Å². The summed E-state index contributed by atoms with van der Waals surface area (Å²) in [6.45, 7) is 1.91. The summed E-state index contributed by atoms with van der Waals surface area (Å²) in [5.41, 5.74) is 4.51. The van der Waals surface area contributed by atoms with Gasteiger partial charge in [0.05, 0.1) is 11.1 Å². The van der Waals surface area contributed by atoms with E-state index < -0.39 is 11.9 Å². The monoisotopic (exact) mass is 490 g/mol. The highest BCUT2D eigenvalue weighted by molar-refractivity contribution is 5.95. The van der Waals surface area contributed by atoms with E-state index in [1.807, 2.05) is 49.4 Å². The SMILES string of the molecule is Cc1cc(C2CCCCC2)c(-c2ccccc2)c(OC(=O)c2ccccc2)c1OC(=O)c1ccccc1. The molecule has 186 valence electrons. The van der Waals surface area contributed by atoms with E-state index in [0.29, 0.717) is 22.8 Å². The van der Waals surface area contributed by atoms with Crippen LogP contribution in [0, 0.1) is 6.92 Å². The van der Waals surface area contributed by atoms with E-state index in [9.17, 15) is 9.59 Å². The molecule has 0 bridgehead atoms. The summed E-state index contributed by atoms with van der Waals surface area (Å²) < 4.78 is 12.1. The first-order chi connectivity index (χ1) is 18.1. The molecule has 4 nitrogen and oxygen atoms in total. The first-order valence-electron chi connectivity index (χ1n) is 12.9. The van der Waals surface area contributed by atoms with E-state index in [1.165, 1.54) is 19.3 Å². The zero-order valence-electron chi connectivity index (χ0n) is 21.0. The van der Waals surface area contributed by atoms with Gasteiger partial charge in [0.1, 0.15) is 0 Å². The first kappa shape index (κ1) is 24.5. The highest BCUT2D eigenvalue weighted by Crippen LogP contribution is 2.48. The summed E-state index contributed by atoms with van der Waals surface area (Å²) in [5, 5.41) is 0. The highest BCUT2D eigenvalue weighted by atomic mass is 16.6. The molecule has 1 aliphatic rings. The van der Waals surface area contributed by atoms with Crippen molar-refractivity contribution in [2.45, 2.75) is 44.9 Å². The lowest BCUT2D eigenvalue weighted by molar-refractivity contribution is 0.0682. The van der Waals surface area contributed by atoms with Crippen molar-refractivity contribution in [1.82, 2.24) is 0 Å². The molecular formula is C33H30O4. The predicted octanol–water partition coefficient (Wildman–Crippen LogP) is 8.15. The summed E-state index contributed by atoms with van der Waals surface area (Å²) in [6.07, 6.45) is 5.73. The Labute approximate surface area is 217 Å². The minimum atomic E-state index is -0.495. The highest BCUT2D eigenvalue weighted by Gasteiger charge is 2.29. The molecule has 0 spiro atoms. The van der Waals surface area contributed by atoms with Crippen LogP contribution in [0.25, 0.3) is 11.1 Å². The summed E-state index contributed by atoms with van der Waals surface area (Å²) in [5.74, 6) is -0.0720. The van der Waals surface area contributed by atoms with Gasteiger partial charge in [0.25, 0.3) is 0 Å². The third-order valence-electron chi connectivity index (χ3n) is 6.97. The van der Waals surface area contributed by atoms with Gasteiger partial charge in [-0.15, -0.1) is 0 Å². The van der Waals surface area contributed by atoms with Crippen LogP contribution in [0.15, 0.2) is 97.1 Å². The minimum absolute atomic E-state index is 0.275. The smallest absolute Gasteiger partial charge is 0.343 e. The lowest BCUT2D eigenvalue weighted by Gasteiger charge is -2.27. The molecule has 4 heteroatoms. The van der Waals surface area contributed by atoms with Gasteiger partial charge >= 0.3 is 11.9 Å². The van der Waals surface area contributed by atoms with E-state index in [0.717, 1.165) is 35.1 Å². The summed E-state index contributed by atoms with van der Waals surface area (Å²) in [4.78, 5) is 26.5. The molecule has 1 aliphatic carbocycles. The van der Waals surface area contributed by atoms with E-state index in [-0.39, 0.29) is 5.75 Å². The van der Waals surface area contributed by atoms with Crippen LogP contribution in [0.3, 0.4) is 0 Å². The maximum absolute atomic E-state index is 13.3. The Morgan fingerprint density at radius 2 is 1.14 bits per heavy atom. The second kappa shape index (κ2) is 11.3. The molecule has 0 N–H and O–H groups in total. The van der Waals surface area contributed by atoms with Gasteiger partial charge in [0.15, 0.2) is 11.5 Å². The van der Waals surface area contributed by atoms with Crippen molar-refractivity contribution in [3.63, 3.8) is 0 Å². The number of hydrogen-bond donors (Lipinski definition) is 0. The quantitative estimate of drug-likeness (QED) is 0.202. The number of esters is 2. The molecule has 4 aromatic rings. The predicted molar refractivity (Wildman–Crippen MR) is 145 cm³/mol. The Kier molecular flexibility index (Phi) is 7.46. The number of aryl methyl sites for hydroxylation is 1. The molecule has 37 heavy (non-hydrogen) atoms. The van der Waals surface area contributed by atoms with Crippen molar-refractivity contribution in [3.05, 3.63) is 119 Å². The van der Waals surface area contributed by atoms with Crippen LogP contribution in [0.4, 0.5) is 0 Å². The Morgan fingerprint density at radius 1 is 0.649 bits per heavy atom. The number of carbonyl (C=O) groups excluding carboxylic acids is 2. The first-order valence-corrected chi connectivity index (χ1v) is 12.9. The van der Waals surface area contributed by atoms with Crippen LogP contribution in [0.5, 0.6) is 11.5 Å². The molecule has 0 unspecified atom stereocenters. The van der Waals surface area contributed by atoms with Crippen LogP contribution in [0.2, 0.25) is 0 Å². The second-order valence-electron chi connectivity index (χ2n) is 9.53. The lowest BCUT2D eigenvalue weighted by atomic mass is 9.79. The molecule has 0 saturated heterocycles. The van der Waals surface area contributed by atoms with E-state index in [2.05, 4.69) is 6.07 Å². The topological polar surface area (TPSA) is 52.6 Å². The molecule has 5 rings (SSSR count). The summed E-state index contributed by atoms with van der Waals surface area (Å²) >= 11 is 0. The Morgan fingerprint density at radius 3 is 1.68 bits per heavy atom. The van der Waals surface area contributed by atoms with Gasteiger partial charge in [-0.05, 0) is 66.6 Å². The largest absolute Gasteiger partial charge is 0.419 e. The Bertz CT molecular complexity index is 1370. The maximum Gasteiger partial charge on any atom is 0.343 e. The van der Waals surface area contributed by atoms with Crippen LogP contribution in [0.1, 0.15) is 69.9 Å². The third-order valence-corrected chi connectivity index (χ3v) is 6.97. The van der Waals surface area contributed by atoms with Gasteiger partial charge in [-0.3, -0.25) is 0 Å². The molecule has 0 aromatic heterocycles. The molecule has 0 radical (unpaired) electrons. The molecule has 1 saturated carbocycles. The summed E-state index contributed by atoms with van der Waals surface area (Å²) in [7, 11) is 0.